The molecule has 0 aliphatic carbocycles. The second kappa shape index (κ2) is 8.91. The summed E-state index contributed by atoms with van der Waals surface area (Å²) in [6.07, 6.45) is 0.828. The van der Waals surface area contributed by atoms with Gasteiger partial charge in [0.1, 0.15) is 18.5 Å². The van der Waals surface area contributed by atoms with Gasteiger partial charge >= 0.3 is 0 Å². The van der Waals surface area contributed by atoms with Crippen LogP contribution < -0.4 is 10.1 Å². The van der Waals surface area contributed by atoms with E-state index in [1.807, 2.05) is 38.1 Å². The van der Waals surface area contributed by atoms with Gasteiger partial charge in [-0.2, -0.15) is 0 Å². The highest BCUT2D eigenvalue weighted by Crippen LogP contribution is 2.12. The normalized spacial score (nSPS) is 14.1. The Bertz CT molecular complexity index is 357. The predicted molar refractivity (Wildman–Crippen MR) is 76.5 cm³/mol. The quantitative estimate of drug-likeness (QED) is 0.634. The molecule has 0 aliphatic rings. The van der Waals surface area contributed by atoms with Gasteiger partial charge in [0.25, 0.3) is 0 Å². The van der Waals surface area contributed by atoms with Crippen LogP contribution in [0.4, 0.5) is 0 Å². The van der Waals surface area contributed by atoms with E-state index in [0.717, 1.165) is 24.2 Å². The molecule has 0 aliphatic heterocycles. The Morgan fingerprint density at radius 1 is 1.21 bits per heavy atom. The standard InChI is InChI=1S/C15H25NO3/c1-3-5-13(17)9-16-10-14(18)11-19-15-7-4-6-12(2)8-15/h4,6-8,13-14,16-18H,3,5,9-11H2,1-2H3. The van der Waals surface area contributed by atoms with E-state index in [4.69, 9.17) is 4.74 Å². The smallest absolute Gasteiger partial charge is 0.119 e. The van der Waals surface area contributed by atoms with Crippen molar-refractivity contribution in [1.82, 2.24) is 5.32 Å². The number of benzene rings is 1. The summed E-state index contributed by atoms with van der Waals surface area (Å²) in [6.45, 7) is 5.22. The molecule has 0 fully saturated rings. The molecule has 2 atom stereocenters. The number of ether oxygens (including phenoxy) is 1. The number of aliphatic hydroxyl groups excluding tert-OH is 2. The first-order valence-electron chi connectivity index (χ1n) is 6.88. The maximum atomic E-state index is 9.75. The molecule has 0 radical (unpaired) electrons. The molecule has 0 amide bonds. The fourth-order valence-corrected chi connectivity index (χ4v) is 1.81. The maximum Gasteiger partial charge on any atom is 0.119 e. The van der Waals surface area contributed by atoms with Crippen molar-refractivity contribution in [2.75, 3.05) is 19.7 Å². The van der Waals surface area contributed by atoms with E-state index < -0.39 is 6.10 Å². The molecular formula is C15H25NO3. The highest BCUT2D eigenvalue weighted by Gasteiger charge is 2.07. The van der Waals surface area contributed by atoms with Gasteiger partial charge in [-0.05, 0) is 31.0 Å². The van der Waals surface area contributed by atoms with Crippen molar-refractivity contribution in [2.45, 2.75) is 38.9 Å². The molecule has 4 heteroatoms. The monoisotopic (exact) mass is 267 g/mol. The Hall–Kier alpha value is -1.10. The average molecular weight is 267 g/mol. The van der Waals surface area contributed by atoms with Crippen LogP contribution in [0.15, 0.2) is 24.3 Å². The Morgan fingerprint density at radius 3 is 2.63 bits per heavy atom. The largest absolute Gasteiger partial charge is 0.491 e. The number of aryl methyl sites for hydroxylation is 1. The van der Waals surface area contributed by atoms with Gasteiger partial charge in [0.2, 0.25) is 0 Å². The zero-order valence-electron chi connectivity index (χ0n) is 11.8. The van der Waals surface area contributed by atoms with Crippen molar-refractivity contribution in [2.24, 2.45) is 0 Å². The van der Waals surface area contributed by atoms with Gasteiger partial charge in [-0.25, -0.2) is 0 Å². The highest BCUT2D eigenvalue weighted by atomic mass is 16.5. The minimum atomic E-state index is -0.575. The summed E-state index contributed by atoms with van der Waals surface area (Å²) in [7, 11) is 0. The molecule has 2 unspecified atom stereocenters. The van der Waals surface area contributed by atoms with Gasteiger partial charge in [-0.15, -0.1) is 0 Å². The summed E-state index contributed by atoms with van der Waals surface area (Å²) < 4.78 is 5.50. The van der Waals surface area contributed by atoms with E-state index in [1.165, 1.54) is 0 Å². The topological polar surface area (TPSA) is 61.7 Å². The number of hydrogen-bond acceptors (Lipinski definition) is 4. The minimum Gasteiger partial charge on any atom is -0.491 e. The van der Waals surface area contributed by atoms with Crippen LogP contribution in [0, 0.1) is 6.92 Å². The summed E-state index contributed by atoms with van der Waals surface area (Å²) in [5.41, 5.74) is 1.13. The number of nitrogens with one attached hydrogen (secondary N) is 1. The van der Waals surface area contributed by atoms with E-state index in [0.29, 0.717) is 13.1 Å². The number of aliphatic hydroxyl groups is 2. The van der Waals surface area contributed by atoms with Gasteiger partial charge in [0, 0.05) is 13.1 Å². The third kappa shape index (κ3) is 7.15. The predicted octanol–water partition coefficient (Wildman–Crippen LogP) is 1.49. The summed E-state index contributed by atoms with van der Waals surface area (Å²) in [6, 6.07) is 7.74. The molecule has 0 saturated carbocycles. The third-order valence-electron chi connectivity index (χ3n) is 2.81. The molecule has 0 bridgehead atoms. The molecule has 4 nitrogen and oxygen atoms in total. The lowest BCUT2D eigenvalue weighted by molar-refractivity contribution is 0.0984. The Labute approximate surface area is 115 Å². The molecule has 19 heavy (non-hydrogen) atoms. The van der Waals surface area contributed by atoms with Crippen molar-refractivity contribution in [3.05, 3.63) is 29.8 Å². The molecule has 3 N–H and O–H groups in total. The Morgan fingerprint density at radius 2 is 1.95 bits per heavy atom. The summed E-state index contributed by atoms with van der Waals surface area (Å²) in [5, 5.41) is 22.3. The molecular weight excluding hydrogens is 242 g/mol. The molecule has 0 spiro atoms. The fraction of sp³-hybridized carbons (Fsp3) is 0.600. The second-order valence-electron chi connectivity index (χ2n) is 4.88. The second-order valence-corrected chi connectivity index (χ2v) is 4.88. The van der Waals surface area contributed by atoms with Gasteiger partial charge in [0.05, 0.1) is 6.10 Å². The van der Waals surface area contributed by atoms with Gasteiger partial charge in [-0.3, -0.25) is 0 Å². The lowest BCUT2D eigenvalue weighted by Crippen LogP contribution is -2.35. The van der Waals surface area contributed by atoms with E-state index >= 15 is 0 Å². The van der Waals surface area contributed by atoms with E-state index in [-0.39, 0.29) is 12.7 Å². The Balaban J connectivity index is 2.16. The van der Waals surface area contributed by atoms with E-state index in [9.17, 15) is 10.2 Å². The Kier molecular flexibility index (Phi) is 7.48. The molecule has 1 aromatic carbocycles. The molecule has 1 rings (SSSR count). The summed E-state index contributed by atoms with van der Waals surface area (Å²) in [4.78, 5) is 0. The molecule has 1 aromatic rings. The van der Waals surface area contributed by atoms with Crippen LogP contribution in [0.3, 0.4) is 0 Å². The van der Waals surface area contributed by atoms with Crippen molar-refractivity contribution in [1.29, 1.82) is 0 Å². The molecule has 108 valence electrons. The number of rotatable bonds is 9. The van der Waals surface area contributed by atoms with Crippen molar-refractivity contribution in [3.63, 3.8) is 0 Å². The van der Waals surface area contributed by atoms with Gasteiger partial charge < -0.3 is 20.3 Å². The lowest BCUT2D eigenvalue weighted by atomic mass is 10.2. The van der Waals surface area contributed by atoms with E-state index in [2.05, 4.69) is 5.32 Å². The van der Waals surface area contributed by atoms with Crippen LogP contribution in [0.5, 0.6) is 5.75 Å². The highest BCUT2D eigenvalue weighted by molar-refractivity contribution is 5.27. The molecule has 0 aromatic heterocycles. The fourth-order valence-electron chi connectivity index (χ4n) is 1.81. The average Bonchev–Trinajstić information content (AvgIpc) is 2.37. The van der Waals surface area contributed by atoms with Crippen LogP contribution in [-0.4, -0.2) is 42.1 Å². The zero-order chi connectivity index (χ0) is 14.1. The zero-order valence-corrected chi connectivity index (χ0v) is 11.8. The first-order valence-corrected chi connectivity index (χ1v) is 6.88. The van der Waals surface area contributed by atoms with Gasteiger partial charge in [0.15, 0.2) is 0 Å². The van der Waals surface area contributed by atoms with Gasteiger partial charge in [-0.1, -0.05) is 25.5 Å². The van der Waals surface area contributed by atoms with Crippen LogP contribution in [-0.2, 0) is 0 Å². The van der Waals surface area contributed by atoms with Crippen LogP contribution in [0.1, 0.15) is 25.3 Å². The lowest BCUT2D eigenvalue weighted by Gasteiger charge is -2.15. The van der Waals surface area contributed by atoms with Crippen LogP contribution in [0.25, 0.3) is 0 Å². The van der Waals surface area contributed by atoms with Crippen molar-refractivity contribution >= 4 is 0 Å². The molecule has 0 heterocycles. The molecule has 0 saturated heterocycles. The van der Waals surface area contributed by atoms with E-state index in [1.54, 1.807) is 0 Å². The van der Waals surface area contributed by atoms with Crippen LogP contribution in [0.2, 0.25) is 0 Å². The first-order chi connectivity index (χ1) is 9.11. The third-order valence-corrected chi connectivity index (χ3v) is 2.81. The minimum absolute atomic E-state index is 0.250. The van der Waals surface area contributed by atoms with Crippen LogP contribution >= 0.6 is 0 Å². The summed E-state index contributed by atoms with van der Waals surface area (Å²) in [5.74, 6) is 0.769. The SMILES string of the molecule is CCCC(O)CNCC(O)COc1cccc(C)c1. The van der Waals surface area contributed by atoms with Crippen molar-refractivity contribution in [3.8, 4) is 5.75 Å². The first kappa shape index (κ1) is 16.0. The summed E-state index contributed by atoms with van der Waals surface area (Å²) >= 11 is 0. The van der Waals surface area contributed by atoms with Crippen molar-refractivity contribution < 1.29 is 14.9 Å². The number of hydrogen-bond donors (Lipinski definition) is 3. The maximum absolute atomic E-state index is 9.75.